The molecule has 0 radical (unpaired) electrons. The monoisotopic (exact) mass is 595 g/mol. The highest BCUT2D eigenvalue weighted by atomic mass is 35.5. The van der Waals surface area contributed by atoms with E-state index in [4.69, 9.17) is 46.4 Å². The first-order valence-electron chi connectivity index (χ1n) is 11.2. The fraction of sp³-hybridized carbons (Fsp3) is 0.417. The molecule has 2 aromatic rings. The van der Waals surface area contributed by atoms with Gasteiger partial charge in [-0.25, -0.2) is 8.42 Å². The Labute approximate surface area is 232 Å². The second-order valence-corrected chi connectivity index (χ2v) is 12.2. The lowest BCUT2D eigenvalue weighted by Gasteiger charge is -2.33. The summed E-state index contributed by atoms with van der Waals surface area (Å²) in [6.07, 6.45) is 1.27. The number of benzene rings is 2. The highest BCUT2D eigenvalue weighted by Gasteiger charge is 2.32. The fourth-order valence-corrected chi connectivity index (χ4v) is 5.08. The number of rotatable bonds is 11. The smallest absolute Gasteiger partial charge is 0.244 e. The van der Waals surface area contributed by atoms with Crippen molar-refractivity contribution in [3.8, 4) is 0 Å². The molecule has 0 spiro atoms. The summed E-state index contributed by atoms with van der Waals surface area (Å²) in [5.41, 5.74) is 0.686. The lowest BCUT2D eigenvalue weighted by Crippen LogP contribution is -2.52. The summed E-state index contributed by atoms with van der Waals surface area (Å²) >= 11 is 24.6. The number of nitrogens with one attached hydrogen (secondary N) is 1. The van der Waals surface area contributed by atoms with Gasteiger partial charge in [-0.3, -0.25) is 13.9 Å². The van der Waals surface area contributed by atoms with Gasteiger partial charge in [0.1, 0.15) is 12.6 Å². The SMILES string of the molecule is CC[C@@H](C(=O)NCC(C)C)N(Cc1ccc(Cl)c(Cl)c1)C(=O)CN(c1cccc(Cl)c1Cl)S(C)(=O)=O. The summed E-state index contributed by atoms with van der Waals surface area (Å²) in [4.78, 5) is 28.1. The molecule has 0 saturated heterocycles. The molecule has 0 heterocycles. The largest absolute Gasteiger partial charge is 0.354 e. The van der Waals surface area contributed by atoms with Crippen LogP contribution in [0.3, 0.4) is 0 Å². The lowest BCUT2D eigenvalue weighted by atomic mass is 10.1. The number of anilines is 1. The van der Waals surface area contributed by atoms with Gasteiger partial charge >= 0.3 is 0 Å². The molecule has 7 nitrogen and oxygen atoms in total. The summed E-state index contributed by atoms with van der Waals surface area (Å²) in [6, 6.07) is 8.53. The van der Waals surface area contributed by atoms with Gasteiger partial charge < -0.3 is 10.2 Å². The van der Waals surface area contributed by atoms with Gasteiger partial charge in [-0.05, 0) is 42.2 Å². The first kappa shape index (κ1) is 30.5. The second kappa shape index (κ2) is 13.2. The highest BCUT2D eigenvalue weighted by molar-refractivity contribution is 7.92. The number of hydrogen-bond donors (Lipinski definition) is 1. The van der Waals surface area contributed by atoms with E-state index in [0.717, 1.165) is 10.6 Å². The molecule has 0 saturated carbocycles. The van der Waals surface area contributed by atoms with Gasteiger partial charge in [0.15, 0.2) is 0 Å². The minimum atomic E-state index is -3.94. The molecular weight excluding hydrogens is 568 g/mol. The molecule has 2 amide bonds. The first-order chi connectivity index (χ1) is 16.8. The maximum absolute atomic E-state index is 13.7. The van der Waals surface area contributed by atoms with Gasteiger partial charge in [0.25, 0.3) is 0 Å². The number of halogens is 4. The summed E-state index contributed by atoms with van der Waals surface area (Å²) < 4.78 is 26.3. The predicted molar refractivity (Wildman–Crippen MR) is 148 cm³/mol. The second-order valence-electron chi connectivity index (χ2n) is 8.68. The average Bonchev–Trinajstić information content (AvgIpc) is 2.79. The van der Waals surface area contributed by atoms with Crippen LogP contribution in [0.15, 0.2) is 36.4 Å². The van der Waals surface area contributed by atoms with Crippen LogP contribution >= 0.6 is 46.4 Å². The van der Waals surface area contributed by atoms with Crippen LogP contribution in [0.25, 0.3) is 0 Å². The van der Waals surface area contributed by atoms with E-state index in [2.05, 4.69) is 5.32 Å². The number of amides is 2. The Bertz CT molecular complexity index is 1210. The minimum Gasteiger partial charge on any atom is -0.354 e. The van der Waals surface area contributed by atoms with Crippen LogP contribution in [0.4, 0.5) is 5.69 Å². The topological polar surface area (TPSA) is 86.8 Å². The molecule has 0 fully saturated rings. The maximum Gasteiger partial charge on any atom is 0.244 e. The molecule has 2 aromatic carbocycles. The molecular formula is C24H29Cl4N3O4S. The molecule has 0 aliphatic rings. The van der Waals surface area contributed by atoms with Crippen molar-refractivity contribution in [1.29, 1.82) is 0 Å². The van der Waals surface area contributed by atoms with Crippen molar-refractivity contribution < 1.29 is 18.0 Å². The van der Waals surface area contributed by atoms with E-state index in [1.54, 1.807) is 25.1 Å². The molecule has 12 heteroatoms. The number of nitrogens with zero attached hydrogens (tertiary/aromatic N) is 2. The molecule has 2 rings (SSSR count). The van der Waals surface area contributed by atoms with Gasteiger partial charge in [0, 0.05) is 13.1 Å². The third-order valence-corrected chi connectivity index (χ3v) is 7.96. The van der Waals surface area contributed by atoms with Crippen LogP contribution in [0.5, 0.6) is 0 Å². The zero-order valence-electron chi connectivity index (χ0n) is 20.4. The van der Waals surface area contributed by atoms with Gasteiger partial charge in [0.05, 0.1) is 32.0 Å². The van der Waals surface area contributed by atoms with E-state index < -0.39 is 28.5 Å². The van der Waals surface area contributed by atoms with E-state index in [9.17, 15) is 18.0 Å². The lowest BCUT2D eigenvalue weighted by molar-refractivity contribution is -0.140. The van der Waals surface area contributed by atoms with Crippen molar-refractivity contribution in [3.05, 3.63) is 62.1 Å². The van der Waals surface area contributed by atoms with Crippen molar-refractivity contribution in [2.75, 3.05) is 23.7 Å². The molecule has 36 heavy (non-hydrogen) atoms. The maximum atomic E-state index is 13.7. The first-order valence-corrected chi connectivity index (χ1v) is 14.5. The molecule has 0 aliphatic heterocycles. The van der Waals surface area contributed by atoms with Crippen LogP contribution in [0.1, 0.15) is 32.8 Å². The Morgan fingerprint density at radius 2 is 1.67 bits per heavy atom. The van der Waals surface area contributed by atoms with Gasteiger partial charge in [-0.2, -0.15) is 0 Å². The normalized spacial score (nSPS) is 12.4. The van der Waals surface area contributed by atoms with Crippen LogP contribution in [-0.4, -0.2) is 50.5 Å². The number of hydrogen-bond acceptors (Lipinski definition) is 4. The molecule has 0 bridgehead atoms. The Morgan fingerprint density at radius 1 is 1.00 bits per heavy atom. The Kier molecular flexibility index (Phi) is 11.2. The third kappa shape index (κ3) is 8.15. The van der Waals surface area contributed by atoms with Gasteiger partial charge in [-0.1, -0.05) is 79.3 Å². The Hall–Kier alpha value is -1.71. The zero-order chi connectivity index (χ0) is 27.2. The number of carbonyl (C=O) groups is 2. The van der Waals surface area contributed by atoms with E-state index in [-0.39, 0.29) is 34.1 Å². The van der Waals surface area contributed by atoms with E-state index in [1.165, 1.54) is 23.1 Å². The quantitative estimate of drug-likeness (QED) is 0.363. The average molecular weight is 597 g/mol. The van der Waals surface area contributed by atoms with Crippen LogP contribution in [0, 0.1) is 5.92 Å². The fourth-order valence-electron chi connectivity index (χ4n) is 3.46. The standard InChI is InChI=1S/C24H29Cl4N3O4S/c1-5-20(24(33)29-12-15(2)3)30(13-16-9-10-17(25)19(27)11-16)22(32)14-31(36(4,34)35)21-8-6-7-18(26)23(21)28/h6-11,15,20H,5,12-14H2,1-4H3,(H,29,33)/t20-/m0/s1. The molecule has 198 valence electrons. The Morgan fingerprint density at radius 3 is 2.22 bits per heavy atom. The summed E-state index contributed by atoms with van der Waals surface area (Å²) in [6.45, 7) is 5.53. The summed E-state index contributed by atoms with van der Waals surface area (Å²) in [7, 11) is -3.94. The minimum absolute atomic E-state index is 0.00417. The highest BCUT2D eigenvalue weighted by Crippen LogP contribution is 2.34. The van der Waals surface area contributed by atoms with E-state index in [1.807, 2.05) is 13.8 Å². The Balaban J connectivity index is 2.49. The summed E-state index contributed by atoms with van der Waals surface area (Å²) in [5, 5.41) is 3.63. The number of carbonyl (C=O) groups excluding carboxylic acids is 2. The van der Waals surface area contributed by atoms with Crippen LogP contribution < -0.4 is 9.62 Å². The van der Waals surface area contributed by atoms with Crippen molar-refractivity contribution in [3.63, 3.8) is 0 Å². The molecule has 1 N–H and O–H groups in total. The third-order valence-electron chi connectivity index (χ3n) is 5.29. The van der Waals surface area contributed by atoms with Crippen molar-refractivity contribution in [1.82, 2.24) is 10.2 Å². The van der Waals surface area contributed by atoms with Crippen molar-refractivity contribution >= 4 is 73.9 Å². The molecule has 0 aromatic heterocycles. The van der Waals surface area contributed by atoms with Crippen LogP contribution in [0.2, 0.25) is 20.1 Å². The summed E-state index contributed by atoms with van der Waals surface area (Å²) in [5.74, 6) is -0.739. The molecule has 0 aliphatic carbocycles. The van der Waals surface area contributed by atoms with Crippen LogP contribution in [-0.2, 0) is 26.2 Å². The van der Waals surface area contributed by atoms with E-state index >= 15 is 0 Å². The predicted octanol–water partition coefficient (Wildman–Crippen LogP) is 5.65. The van der Waals surface area contributed by atoms with Gasteiger partial charge in [0.2, 0.25) is 21.8 Å². The number of sulfonamides is 1. The molecule has 1 atom stereocenters. The zero-order valence-corrected chi connectivity index (χ0v) is 24.2. The van der Waals surface area contributed by atoms with E-state index in [0.29, 0.717) is 28.6 Å². The molecule has 0 unspecified atom stereocenters. The van der Waals surface area contributed by atoms with Gasteiger partial charge in [-0.15, -0.1) is 0 Å². The van der Waals surface area contributed by atoms with Crippen molar-refractivity contribution in [2.45, 2.75) is 39.8 Å². The van der Waals surface area contributed by atoms with Crippen molar-refractivity contribution in [2.24, 2.45) is 5.92 Å².